The van der Waals surface area contributed by atoms with Crippen LogP contribution in [0.25, 0.3) is 0 Å². The van der Waals surface area contributed by atoms with Gasteiger partial charge in [0.2, 0.25) is 5.91 Å². The quantitative estimate of drug-likeness (QED) is 0.385. The molecular weight excluding hydrogens is 472 g/mol. The Kier molecular flexibility index (Phi) is 12.2. The molecule has 210 valence electrons. The Balaban J connectivity index is 0.00000372. The molecule has 2 heterocycles. The summed E-state index contributed by atoms with van der Waals surface area (Å²) in [6.07, 6.45) is 6.16. The van der Waals surface area contributed by atoms with Gasteiger partial charge >= 0.3 is 0 Å². The number of hydrogen-bond acceptors (Lipinski definition) is 6. The smallest absolute Gasteiger partial charge is 0.230 e. The Hall–Kier alpha value is -3.48. The Labute approximate surface area is 232 Å². The molecule has 1 unspecified atom stereocenters. The lowest BCUT2D eigenvalue weighted by Gasteiger charge is -2.22. The number of carbonyl (C=O) groups is 1. The summed E-state index contributed by atoms with van der Waals surface area (Å²) in [5, 5.41) is 6.51. The largest absolute Gasteiger partial charge is 0.379 e. The minimum Gasteiger partial charge on any atom is -0.379 e. The van der Waals surface area contributed by atoms with Gasteiger partial charge in [-0.1, -0.05) is 39.3 Å². The molecule has 38 heavy (non-hydrogen) atoms. The van der Waals surface area contributed by atoms with Crippen molar-refractivity contribution < 1.29 is 7.65 Å². The van der Waals surface area contributed by atoms with Crippen LogP contribution in [0.5, 0.6) is 0 Å². The van der Waals surface area contributed by atoms with Crippen molar-refractivity contribution in [1.82, 2.24) is 15.2 Å². The van der Waals surface area contributed by atoms with Crippen LogP contribution in [0.3, 0.4) is 0 Å². The van der Waals surface area contributed by atoms with Crippen LogP contribution in [0.1, 0.15) is 84.9 Å². The molecule has 0 spiro atoms. The summed E-state index contributed by atoms with van der Waals surface area (Å²) in [7, 11) is 2.03. The molecule has 1 aromatic carbocycles. The lowest BCUT2D eigenvalue weighted by molar-refractivity contribution is -0.115. The third kappa shape index (κ3) is 8.82. The molecule has 0 bridgehead atoms. The first kappa shape index (κ1) is 30.7. The van der Waals surface area contributed by atoms with Crippen LogP contribution in [-0.2, 0) is 17.6 Å². The highest BCUT2D eigenvalue weighted by Crippen LogP contribution is 2.23. The lowest BCUT2D eigenvalue weighted by atomic mass is 10.0. The number of aliphatic imine (C=N–C) groups is 2. The molecule has 0 radical (unpaired) electrons. The van der Waals surface area contributed by atoms with Gasteiger partial charge in [0, 0.05) is 39.7 Å². The number of pyridine rings is 1. The van der Waals surface area contributed by atoms with Gasteiger partial charge in [-0.3, -0.25) is 19.8 Å². The number of benzene rings is 1. The van der Waals surface area contributed by atoms with Gasteiger partial charge in [-0.25, -0.2) is 0 Å². The van der Waals surface area contributed by atoms with E-state index in [9.17, 15) is 4.79 Å². The second-order valence-electron chi connectivity index (χ2n) is 9.54. The summed E-state index contributed by atoms with van der Waals surface area (Å²) < 4.78 is 0. The Bertz CT molecular complexity index is 1180. The molecule has 1 aliphatic rings. The number of hydrogen-bond donors (Lipinski definition) is 2. The van der Waals surface area contributed by atoms with Crippen LogP contribution < -0.4 is 10.6 Å². The molecule has 0 fully saturated rings. The highest BCUT2D eigenvalue weighted by atomic mass is 16.1. The minimum atomic E-state index is -0.0745. The van der Waals surface area contributed by atoms with Crippen molar-refractivity contribution in [3.05, 3.63) is 70.3 Å². The number of nitrogens with zero attached hydrogens (tertiary/aromatic N) is 4. The maximum atomic E-state index is 12.7. The Morgan fingerprint density at radius 2 is 1.92 bits per heavy atom. The van der Waals surface area contributed by atoms with Crippen molar-refractivity contribution in [3.8, 4) is 0 Å². The Morgan fingerprint density at radius 3 is 2.55 bits per heavy atom. The van der Waals surface area contributed by atoms with E-state index in [1.807, 2.05) is 65.2 Å². The first-order chi connectivity index (χ1) is 18.2. The zero-order valence-corrected chi connectivity index (χ0v) is 24.7. The molecule has 7 heteroatoms. The van der Waals surface area contributed by atoms with Gasteiger partial charge in [-0.05, 0) is 75.9 Å². The zero-order valence-electron chi connectivity index (χ0n) is 24.7. The highest BCUT2D eigenvalue weighted by molar-refractivity contribution is 6.30. The van der Waals surface area contributed by atoms with Crippen molar-refractivity contribution in [2.45, 2.75) is 86.7 Å². The number of anilines is 1. The fourth-order valence-corrected chi connectivity index (χ4v) is 4.21. The molecule has 2 atom stereocenters. The van der Waals surface area contributed by atoms with Crippen LogP contribution in [-0.4, -0.2) is 47.5 Å². The van der Waals surface area contributed by atoms with Gasteiger partial charge in [-0.15, -0.1) is 0 Å². The number of rotatable bonds is 9. The molecule has 3 rings (SSSR count). The van der Waals surface area contributed by atoms with E-state index in [1.165, 1.54) is 5.56 Å². The molecule has 2 N–H and O–H groups in total. The zero-order chi connectivity index (χ0) is 28.2. The van der Waals surface area contributed by atoms with Crippen LogP contribution >= 0.6 is 0 Å². The first-order valence-corrected chi connectivity index (χ1v) is 13.9. The minimum absolute atomic E-state index is 0. The molecule has 1 amide bonds. The van der Waals surface area contributed by atoms with E-state index in [0.29, 0.717) is 0 Å². The van der Waals surface area contributed by atoms with Crippen LogP contribution in [0.2, 0.25) is 0 Å². The fraction of sp³-hybridized carbons (Fsp3) is 0.484. The predicted molar refractivity (Wildman–Crippen MR) is 165 cm³/mol. The summed E-state index contributed by atoms with van der Waals surface area (Å²) in [4.78, 5) is 28.8. The summed E-state index contributed by atoms with van der Waals surface area (Å²) in [6, 6.07) is 10.0. The average molecular weight is 523 g/mol. The maximum Gasteiger partial charge on any atom is 0.230 e. The average Bonchev–Trinajstić information content (AvgIpc) is 2.89. The van der Waals surface area contributed by atoms with E-state index in [0.717, 1.165) is 59.1 Å². The van der Waals surface area contributed by atoms with Crippen molar-refractivity contribution in [2.75, 3.05) is 18.9 Å². The molecular formula is C31H50N6O. The van der Waals surface area contributed by atoms with E-state index in [4.69, 9.17) is 4.99 Å². The number of carbonyl (C=O) groups excluding carboxylic acids is 1. The second kappa shape index (κ2) is 15.1. The van der Waals surface area contributed by atoms with Gasteiger partial charge in [0.05, 0.1) is 30.4 Å². The molecule has 1 aliphatic heterocycles. The van der Waals surface area contributed by atoms with Crippen molar-refractivity contribution in [3.63, 3.8) is 0 Å². The van der Waals surface area contributed by atoms with E-state index in [1.54, 1.807) is 6.21 Å². The number of aryl methyl sites for hydroxylation is 3. The molecule has 7 nitrogen and oxygen atoms in total. The number of amidine groups is 1. The van der Waals surface area contributed by atoms with E-state index >= 15 is 0 Å². The van der Waals surface area contributed by atoms with Crippen LogP contribution in [0.15, 0.2) is 52.2 Å². The number of nitrogens with one attached hydrogen (secondary N) is 2. The van der Waals surface area contributed by atoms with Gasteiger partial charge in [0.25, 0.3) is 0 Å². The molecule has 0 aliphatic carbocycles. The first-order valence-electron chi connectivity index (χ1n) is 13.9. The fourth-order valence-electron chi connectivity index (χ4n) is 4.21. The third-order valence-corrected chi connectivity index (χ3v) is 6.46. The maximum absolute atomic E-state index is 12.7. The van der Waals surface area contributed by atoms with Crippen LogP contribution in [0, 0.1) is 13.8 Å². The van der Waals surface area contributed by atoms with E-state index < -0.39 is 0 Å². The summed E-state index contributed by atoms with van der Waals surface area (Å²) in [5.74, 6) is 0.683. The monoisotopic (exact) mass is 522 g/mol. The molecule has 0 saturated heterocycles. The van der Waals surface area contributed by atoms with E-state index in [2.05, 4.69) is 59.3 Å². The molecule has 1 aromatic heterocycles. The topological polar surface area (TPSA) is 82.0 Å². The van der Waals surface area contributed by atoms with Gasteiger partial charge < -0.3 is 15.5 Å². The lowest BCUT2D eigenvalue weighted by Crippen LogP contribution is -2.32. The number of aromatic nitrogens is 1. The molecule has 0 saturated carbocycles. The normalized spacial score (nSPS) is 16.3. The summed E-state index contributed by atoms with van der Waals surface area (Å²) in [5.41, 5.74) is 6.99. The standard InChI is InChI=1S/C29H40N6O.C2H6.2H2/c1-8-10-23-12-14-25(31-20(23)4)16-29(36)34-24-13-11-19(3)26(15-24)21(5)32-28-17-30-27(22(6)33-28)18-35(7)9-2;1-2;;/h11-15,17-18,21-22H,8-10,16H2,1-7H3,(H,32,33)(H,34,36);1-2H3;2*1H/b27-18+;;;/t21-,22?;;;/m0.../s1. The van der Waals surface area contributed by atoms with Crippen molar-refractivity contribution in [1.29, 1.82) is 0 Å². The predicted octanol–water partition coefficient (Wildman–Crippen LogP) is 6.67. The number of amides is 1. The van der Waals surface area contributed by atoms with E-state index in [-0.39, 0.29) is 27.3 Å². The van der Waals surface area contributed by atoms with Crippen LogP contribution in [0.4, 0.5) is 5.69 Å². The molecule has 2 aromatic rings. The second-order valence-corrected chi connectivity index (χ2v) is 9.54. The highest BCUT2D eigenvalue weighted by Gasteiger charge is 2.17. The van der Waals surface area contributed by atoms with Crippen molar-refractivity contribution >= 4 is 23.6 Å². The summed E-state index contributed by atoms with van der Waals surface area (Å²) in [6.45, 7) is 17.4. The third-order valence-electron chi connectivity index (χ3n) is 6.46. The van der Waals surface area contributed by atoms with Crippen molar-refractivity contribution in [2.24, 2.45) is 9.98 Å². The van der Waals surface area contributed by atoms with Gasteiger partial charge in [-0.2, -0.15) is 0 Å². The van der Waals surface area contributed by atoms with Gasteiger partial charge in [0.1, 0.15) is 5.84 Å². The summed E-state index contributed by atoms with van der Waals surface area (Å²) >= 11 is 0. The van der Waals surface area contributed by atoms with Gasteiger partial charge in [0.15, 0.2) is 0 Å². The SMILES string of the molecule is CC.CCCc1ccc(CC(=O)Nc2ccc(C)c([C@H](C)NC3=NC(C)/C(=C\N(C)CC)N=C3)c2)nc1C.[HH].[HH]. The Morgan fingerprint density at radius 1 is 1.18 bits per heavy atom.